The Bertz CT molecular complexity index is 1130. The standard InChI is InChI=1S/C24H26N4O5/c29-22(25-14-18-8-11-32-18)19-2-1-3-20-21(19)33-24(27-20)23(30)26-17-6-4-16(5-7-17)15-28-9-12-31-13-10-28/h1-7,18H,8-15H2,(H,25,29)(H,26,30). The van der Waals surface area contributed by atoms with E-state index < -0.39 is 5.91 Å². The lowest BCUT2D eigenvalue weighted by Gasteiger charge is -2.26. The van der Waals surface area contributed by atoms with E-state index in [1.54, 1.807) is 18.2 Å². The molecule has 0 aliphatic carbocycles. The number of carbonyl (C=O) groups excluding carboxylic acids is 2. The number of nitrogens with one attached hydrogen (secondary N) is 2. The minimum Gasteiger partial charge on any atom is -0.431 e. The van der Waals surface area contributed by atoms with E-state index in [4.69, 9.17) is 13.9 Å². The van der Waals surface area contributed by atoms with Crippen LogP contribution in [0.4, 0.5) is 5.69 Å². The fourth-order valence-corrected chi connectivity index (χ4v) is 3.87. The molecule has 1 unspecified atom stereocenters. The monoisotopic (exact) mass is 450 g/mol. The molecule has 0 spiro atoms. The molecule has 3 heterocycles. The molecule has 1 atom stereocenters. The minimum absolute atomic E-state index is 0.0597. The van der Waals surface area contributed by atoms with Gasteiger partial charge in [0.05, 0.1) is 24.9 Å². The van der Waals surface area contributed by atoms with E-state index in [1.165, 1.54) is 5.56 Å². The Labute approximate surface area is 191 Å². The zero-order valence-corrected chi connectivity index (χ0v) is 18.2. The molecule has 2 aromatic carbocycles. The summed E-state index contributed by atoms with van der Waals surface area (Å²) >= 11 is 0. The molecular formula is C24H26N4O5. The molecule has 2 amide bonds. The van der Waals surface area contributed by atoms with E-state index >= 15 is 0 Å². The van der Waals surface area contributed by atoms with Crippen molar-refractivity contribution in [3.8, 4) is 0 Å². The van der Waals surface area contributed by atoms with E-state index in [1.807, 2.05) is 24.3 Å². The molecule has 5 rings (SSSR count). The first-order valence-corrected chi connectivity index (χ1v) is 11.2. The van der Waals surface area contributed by atoms with Gasteiger partial charge in [-0.2, -0.15) is 0 Å². The molecule has 172 valence electrons. The van der Waals surface area contributed by atoms with E-state index in [0.29, 0.717) is 23.3 Å². The van der Waals surface area contributed by atoms with Gasteiger partial charge in [0.2, 0.25) is 0 Å². The molecular weight excluding hydrogens is 424 g/mol. The first-order valence-electron chi connectivity index (χ1n) is 11.2. The van der Waals surface area contributed by atoms with Gasteiger partial charge in [-0.1, -0.05) is 18.2 Å². The summed E-state index contributed by atoms with van der Waals surface area (Å²) in [6.07, 6.45) is 0.996. The maximum atomic E-state index is 12.7. The normalized spacial score (nSPS) is 18.6. The zero-order chi connectivity index (χ0) is 22.6. The van der Waals surface area contributed by atoms with Gasteiger partial charge in [0.1, 0.15) is 5.52 Å². The Hall–Kier alpha value is -3.27. The summed E-state index contributed by atoms with van der Waals surface area (Å²) in [5.41, 5.74) is 2.89. The van der Waals surface area contributed by atoms with Crippen LogP contribution >= 0.6 is 0 Å². The third-order valence-corrected chi connectivity index (χ3v) is 5.86. The number of hydrogen-bond acceptors (Lipinski definition) is 7. The second kappa shape index (κ2) is 9.70. The molecule has 0 saturated carbocycles. The van der Waals surface area contributed by atoms with Crippen LogP contribution in [0, 0.1) is 0 Å². The SMILES string of the molecule is O=C(Nc1ccc(CN2CCOCC2)cc1)c1nc2cccc(C(=O)NCC3CCO3)c2o1. The van der Waals surface area contributed by atoms with E-state index in [-0.39, 0.29) is 23.5 Å². The number of benzene rings is 2. The first-order chi connectivity index (χ1) is 16.2. The van der Waals surface area contributed by atoms with Gasteiger partial charge in [0.25, 0.3) is 11.8 Å². The quantitative estimate of drug-likeness (QED) is 0.569. The molecule has 33 heavy (non-hydrogen) atoms. The number of anilines is 1. The predicted molar refractivity (Wildman–Crippen MR) is 121 cm³/mol. The summed E-state index contributed by atoms with van der Waals surface area (Å²) in [6.45, 7) is 5.38. The van der Waals surface area contributed by atoms with Crippen LogP contribution in [0.3, 0.4) is 0 Å². The van der Waals surface area contributed by atoms with E-state index in [2.05, 4.69) is 20.5 Å². The van der Waals surface area contributed by atoms with Crippen LogP contribution in [0.5, 0.6) is 0 Å². The largest absolute Gasteiger partial charge is 0.431 e. The number of oxazole rings is 1. The van der Waals surface area contributed by atoms with Crippen molar-refractivity contribution in [2.75, 3.05) is 44.8 Å². The molecule has 2 fully saturated rings. The number of nitrogens with zero attached hydrogens (tertiary/aromatic N) is 2. The minimum atomic E-state index is -0.471. The average molecular weight is 450 g/mol. The lowest BCUT2D eigenvalue weighted by Crippen LogP contribution is -2.39. The van der Waals surface area contributed by atoms with Crippen LogP contribution in [0.25, 0.3) is 11.1 Å². The summed E-state index contributed by atoms with van der Waals surface area (Å²) < 4.78 is 16.4. The number of hydrogen-bond donors (Lipinski definition) is 2. The Morgan fingerprint density at radius 2 is 1.82 bits per heavy atom. The lowest BCUT2D eigenvalue weighted by atomic mass is 10.1. The van der Waals surface area contributed by atoms with Crippen molar-refractivity contribution in [3.63, 3.8) is 0 Å². The number of ether oxygens (including phenoxy) is 2. The molecule has 2 aliphatic rings. The summed E-state index contributed by atoms with van der Waals surface area (Å²) in [6, 6.07) is 12.8. The van der Waals surface area contributed by atoms with Crippen LogP contribution in [0.2, 0.25) is 0 Å². The highest BCUT2D eigenvalue weighted by Crippen LogP contribution is 2.22. The van der Waals surface area contributed by atoms with Gasteiger partial charge in [0.15, 0.2) is 5.58 Å². The van der Waals surface area contributed by atoms with Gasteiger partial charge in [-0.3, -0.25) is 14.5 Å². The number of rotatable bonds is 7. The highest BCUT2D eigenvalue weighted by molar-refractivity contribution is 6.06. The molecule has 0 radical (unpaired) electrons. The maximum absolute atomic E-state index is 12.7. The fourth-order valence-electron chi connectivity index (χ4n) is 3.87. The topological polar surface area (TPSA) is 106 Å². The van der Waals surface area contributed by atoms with Gasteiger partial charge >= 0.3 is 5.91 Å². The zero-order valence-electron chi connectivity index (χ0n) is 18.2. The summed E-state index contributed by atoms with van der Waals surface area (Å²) in [7, 11) is 0. The van der Waals surface area contributed by atoms with Gasteiger partial charge < -0.3 is 24.5 Å². The number of aromatic nitrogens is 1. The van der Waals surface area contributed by atoms with E-state index in [0.717, 1.165) is 45.9 Å². The van der Waals surface area contributed by atoms with Crippen molar-refractivity contribution in [3.05, 3.63) is 59.5 Å². The number of carbonyl (C=O) groups is 2. The van der Waals surface area contributed by atoms with Gasteiger partial charge in [-0.15, -0.1) is 0 Å². The lowest BCUT2D eigenvalue weighted by molar-refractivity contribution is -0.0472. The number of para-hydroxylation sites is 1. The average Bonchev–Trinajstić information content (AvgIpc) is 3.25. The Morgan fingerprint density at radius 1 is 1.03 bits per heavy atom. The van der Waals surface area contributed by atoms with Crippen molar-refractivity contribution in [2.45, 2.75) is 19.1 Å². The molecule has 9 heteroatoms. The van der Waals surface area contributed by atoms with Gasteiger partial charge in [-0.25, -0.2) is 4.98 Å². The van der Waals surface area contributed by atoms with Crippen LogP contribution < -0.4 is 10.6 Å². The third-order valence-electron chi connectivity index (χ3n) is 5.86. The number of morpholine rings is 1. The summed E-state index contributed by atoms with van der Waals surface area (Å²) in [4.78, 5) is 31.9. The summed E-state index contributed by atoms with van der Waals surface area (Å²) in [5, 5.41) is 5.65. The maximum Gasteiger partial charge on any atom is 0.311 e. The molecule has 2 N–H and O–H groups in total. The van der Waals surface area contributed by atoms with Crippen molar-refractivity contribution in [1.82, 2.24) is 15.2 Å². The number of fused-ring (bicyclic) bond motifs is 1. The molecule has 0 bridgehead atoms. The third kappa shape index (κ3) is 5.05. The van der Waals surface area contributed by atoms with E-state index in [9.17, 15) is 9.59 Å². The highest BCUT2D eigenvalue weighted by atomic mass is 16.5. The Balaban J connectivity index is 1.24. The number of amides is 2. The molecule has 3 aromatic rings. The van der Waals surface area contributed by atoms with Gasteiger partial charge in [0, 0.05) is 38.5 Å². The van der Waals surface area contributed by atoms with Crippen molar-refractivity contribution >= 4 is 28.6 Å². The van der Waals surface area contributed by atoms with Crippen molar-refractivity contribution in [2.24, 2.45) is 0 Å². The van der Waals surface area contributed by atoms with Crippen molar-refractivity contribution in [1.29, 1.82) is 0 Å². The van der Waals surface area contributed by atoms with Gasteiger partial charge in [-0.05, 0) is 36.2 Å². The molecule has 2 aliphatic heterocycles. The second-order valence-electron chi connectivity index (χ2n) is 8.20. The summed E-state index contributed by atoms with van der Waals surface area (Å²) in [5.74, 6) is -0.846. The van der Waals surface area contributed by atoms with Crippen LogP contribution in [-0.4, -0.2) is 67.3 Å². The van der Waals surface area contributed by atoms with Crippen molar-refractivity contribution < 1.29 is 23.5 Å². The second-order valence-corrected chi connectivity index (χ2v) is 8.20. The molecule has 2 saturated heterocycles. The fraction of sp³-hybridized carbons (Fsp3) is 0.375. The highest BCUT2D eigenvalue weighted by Gasteiger charge is 2.22. The van der Waals surface area contributed by atoms with Crippen LogP contribution in [0.15, 0.2) is 46.9 Å². The first kappa shape index (κ1) is 21.6. The Morgan fingerprint density at radius 3 is 2.55 bits per heavy atom. The van der Waals surface area contributed by atoms with Crippen LogP contribution in [0.1, 0.15) is 33.0 Å². The molecule has 9 nitrogen and oxygen atoms in total. The predicted octanol–water partition coefficient (Wildman–Crippen LogP) is 2.43. The smallest absolute Gasteiger partial charge is 0.311 e. The molecule has 1 aromatic heterocycles. The van der Waals surface area contributed by atoms with Crippen LogP contribution in [-0.2, 0) is 16.0 Å². The Kier molecular flexibility index (Phi) is 6.34.